The van der Waals surface area contributed by atoms with E-state index in [1.165, 1.54) is 16.7 Å². The van der Waals surface area contributed by atoms with E-state index in [2.05, 4.69) is 74.4 Å². The van der Waals surface area contributed by atoms with Crippen LogP contribution in [0.1, 0.15) is 84.6 Å². The second kappa shape index (κ2) is 10.0. The van der Waals surface area contributed by atoms with Crippen molar-refractivity contribution in [1.29, 1.82) is 0 Å². The van der Waals surface area contributed by atoms with Gasteiger partial charge in [0.1, 0.15) is 0 Å². The van der Waals surface area contributed by atoms with E-state index >= 15 is 0 Å². The maximum absolute atomic E-state index is 13.7. The molecule has 0 aliphatic rings. The predicted molar refractivity (Wildman–Crippen MR) is 155 cm³/mol. The zero-order valence-electron chi connectivity index (χ0n) is 23.4. The molecule has 0 N–H and O–H groups in total. The zero-order valence-corrected chi connectivity index (χ0v) is 26.0. The summed E-state index contributed by atoms with van der Waals surface area (Å²) in [6, 6.07) is 21.6. The summed E-state index contributed by atoms with van der Waals surface area (Å²) in [7, 11) is -3.86. The molecule has 3 nitrogen and oxygen atoms in total. The summed E-state index contributed by atoms with van der Waals surface area (Å²) in [5, 5.41) is 0. The van der Waals surface area contributed by atoms with Crippen molar-refractivity contribution in [2.24, 2.45) is 3.37 Å². The van der Waals surface area contributed by atoms with Gasteiger partial charge in [-0.05, 0) is 0 Å². The average molecular weight is 571 g/mol. The van der Waals surface area contributed by atoms with Gasteiger partial charge in [0.25, 0.3) is 0 Å². The molecular weight excluding hydrogens is 529 g/mol. The standard InChI is InChI=1S/C31H41NO2SSe/c1-22-16-18-24(19-17-22)35(33,34)32-36(25-14-12-11-13-15-25)28-26(30(5,6)7)20-23(29(2,3)4)21-27(28)31(8,9)10/h11-21H,1-10H3. The van der Waals surface area contributed by atoms with Gasteiger partial charge in [0.05, 0.1) is 0 Å². The number of hydrogen-bond acceptors (Lipinski definition) is 2. The molecule has 1 unspecified atom stereocenters. The molecule has 0 fully saturated rings. The SMILES string of the molecule is Cc1ccc(S(=O)(=O)N=[Se](c2ccccc2)c2c(C(C)(C)C)cc(C(C)(C)C)cc2C(C)(C)C)cc1. The van der Waals surface area contributed by atoms with Crippen molar-refractivity contribution in [3.05, 3.63) is 89.0 Å². The first-order chi connectivity index (χ1) is 16.4. The predicted octanol–water partition coefficient (Wildman–Crippen LogP) is 6.65. The quantitative estimate of drug-likeness (QED) is 0.330. The molecule has 0 aromatic heterocycles. The molecule has 0 saturated carbocycles. The van der Waals surface area contributed by atoms with Crippen LogP contribution >= 0.6 is 0 Å². The minimum absolute atomic E-state index is 0.0358. The molecule has 1 atom stereocenters. The molecule has 0 bridgehead atoms. The van der Waals surface area contributed by atoms with Gasteiger partial charge in [-0.1, -0.05) is 0 Å². The summed E-state index contributed by atoms with van der Waals surface area (Å²) >= 11 is -2.38. The van der Waals surface area contributed by atoms with Crippen molar-refractivity contribution in [3.63, 3.8) is 0 Å². The first-order valence-corrected chi connectivity index (χ1v) is 16.4. The molecule has 3 aromatic carbocycles. The summed E-state index contributed by atoms with van der Waals surface area (Å²) in [5.74, 6) is 0. The van der Waals surface area contributed by atoms with Gasteiger partial charge in [-0.2, -0.15) is 0 Å². The number of hydrogen-bond donors (Lipinski definition) is 0. The second-order valence-corrected chi connectivity index (χ2v) is 18.2. The molecule has 0 aliphatic heterocycles. The van der Waals surface area contributed by atoms with Crippen molar-refractivity contribution in [1.82, 2.24) is 0 Å². The summed E-state index contributed by atoms with van der Waals surface area (Å²) < 4.78 is 34.3. The number of aryl methyl sites for hydroxylation is 1. The van der Waals surface area contributed by atoms with E-state index in [-0.39, 0.29) is 21.1 Å². The number of sulfonamides is 1. The third-order valence-electron chi connectivity index (χ3n) is 6.22. The Hall–Kier alpha value is -2.07. The van der Waals surface area contributed by atoms with Crippen LogP contribution in [0, 0.1) is 6.92 Å². The molecule has 36 heavy (non-hydrogen) atoms. The Morgan fingerprint density at radius 1 is 0.667 bits per heavy atom. The van der Waals surface area contributed by atoms with E-state index in [0.29, 0.717) is 0 Å². The molecule has 0 heterocycles. The van der Waals surface area contributed by atoms with Crippen molar-refractivity contribution < 1.29 is 8.42 Å². The van der Waals surface area contributed by atoms with E-state index in [4.69, 9.17) is 3.37 Å². The van der Waals surface area contributed by atoms with Crippen LogP contribution in [0.3, 0.4) is 0 Å². The van der Waals surface area contributed by atoms with Gasteiger partial charge in [0.15, 0.2) is 0 Å². The third-order valence-corrected chi connectivity index (χ3v) is 12.9. The molecule has 3 aromatic rings. The van der Waals surface area contributed by atoms with Crippen molar-refractivity contribution in [2.75, 3.05) is 0 Å². The van der Waals surface area contributed by atoms with Gasteiger partial charge >= 0.3 is 224 Å². The van der Waals surface area contributed by atoms with E-state index in [9.17, 15) is 8.42 Å². The Balaban J connectivity index is 2.51. The number of nitrogens with zero attached hydrogens (tertiary/aromatic N) is 1. The van der Waals surface area contributed by atoms with Crippen molar-refractivity contribution in [3.8, 4) is 0 Å². The second-order valence-electron chi connectivity index (χ2n) is 12.6. The fourth-order valence-corrected chi connectivity index (χ4v) is 11.5. The molecule has 5 heteroatoms. The number of rotatable bonds is 4. The van der Waals surface area contributed by atoms with Gasteiger partial charge in [0, 0.05) is 0 Å². The van der Waals surface area contributed by atoms with E-state index in [1.54, 1.807) is 12.1 Å². The number of benzene rings is 3. The van der Waals surface area contributed by atoms with E-state index in [0.717, 1.165) is 14.5 Å². The summed E-state index contributed by atoms with van der Waals surface area (Å²) in [4.78, 5) is 0.249. The van der Waals surface area contributed by atoms with Crippen LogP contribution in [0.4, 0.5) is 0 Å². The Morgan fingerprint density at radius 2 is 1.14 bits per heavy atom. The first kappa shape index (κ1) is 28.5. The van der Waals surface area contributed by atoms with Crippen LogP contribution in [0.15, 0.2) is 75.0 Å². The van der Waals surface area contributed by atoms with Crippen LogP contribution in [-0.2, 0) is 26.3 Å². The summed E-state index contributed by atoms with van der Waals surface area (Å²) in [5.41, 5.74) is 4.26. The van der Waals surface area contributed by atoms with Gasteiger partial charge in [0.2, 0.25) is 0 Å². The molecule has 3 rings (SSSR count). The van der Waals surface area contributed by atoms with Crippen LogP contribution in [0.5, 0.6) is 0 Å². The fourth-order valence-electron chi connectivity index (χ4n) is 3.98. The maximum atomic E-state index is 13.7. The molecular formula is C31H41NO2SSe. The van der Waals surface area contributed by atoms with Crippen LogP contribution in [0.25, 0.3) is 0 Å². The van der Waals surface area contributed by atoms with Gasteiger partial charge in [-0.15, -0.1) is 0 Å². The Bertz CT molecular complexity index is 1330. The Kier molecular flexibility index (Phi) is 7.92. The topological polar surface area (TPSA) is 46.5 Å². The first-order valence-electron chi connectivity index (χ1n) is 12.4. The van der Waals surface area contributed by atoms with Crippen LogP contribution in [0.2, 0.25) is 0 Å². The van der Waals surface area contributed by atoms with Crippen LogP contribution < -0.4 is 8.92 Å². The average Bonchev–Trinajstić information content (AvgIpc) is 2.76. The molecule has 0 saturated heterocycles. The molecule has 0 amide bonds. The van der Waals surface area contributed by atoms with Gasteiger partial charge < -0.3 is 0 Å². The van der Waals surface area contributed by atoms with Crippen LogP contribution in [-0.4, -0.2) is 22.1 Å². The van der Waals surface area contributed by atoms with Gasteiger partial charge in [-0.3, -0.25) is 0 Å². The summed E-state index contributed by atoms with van der Waals surface area (Å²) in [6.45, 7) is 22.0. The van der Waals surface area contributed by atoms with Crippen molar-refractivity contribution >= 4 is 32.7 Å². The third kappa shape index (κ3) is 6.43. The molecule has 0 radical (unpaired) electrons. The Labute approximate surface area is 223 Å². The molecule has 194 valence electrons. The molecule has 0 spiro atoms. The molecule has 0 aliphatic carbocycles. The summed E-state index contributed by atoms with van der Waals surface area (Å²) in [6.07, 6.45) is 0. The van der Waals surface area contributed by atoms with Gasteiger partial charge in [-0.25, -0.2) is 0 Å². The van der Waals surface area contributed by atoms with E-state index in [1.807, 2.05) is 49.4 Å². The normalized spacial score (nSPS) is 14.2. The Morgan fingerprint density at radius 3 is 1.56 bits per heavy atom. The van der Waals surface area contributed by atoms with E-state index < -0.39 is 23.7 Å². The monoisotopic (exact) mass is 571 g/mol. The van der Waals surface area contributed by atoms with Crippen molar-refractivity contribution in [2.45, 2.75) is 90.4 Å². The zero-order chi connectivity index (χ0) is 27.1. The minimum atomic E-state index is -3.86. The fraction of sp³-hybridized carbons (Fsp3) is 0.419.